The van der Waals surface area contributed by atoms with Gasteiger partial charge >= 0.3 is 0 Å². The number of halogens is 1. The second-order valence-electron chi connectivity index (χ2n) is 3.90. The number of aromatic nitrogens is 1. The molecule has 0 bridgehead atoms. The third-order valence-corrected chi connectivity index (χ3v) is 3.22. The molecule has 0 unspecified atom stereocenters. The molecule has 0 amide bonds. The Morgan fingerprint density at radius 2 is 2.17 bits per heavy atom. The van der Waals surface area contributed by atoms with E-state index >= 15 is 0 Å². The zero-order chi connectivity index (χ0) is 8.77. The van der Waals surface area contributed by atoms with Crippen LogP contribution in [0.1, 0.15) is 25.5 Å². The highest BCUT2D eigenvalue weighted by atomic mass is 79.9. The Morgan fingerprint density at radius 3 is 2.75 bits per heavy atom. The van der Waals surface area contributed by atoms with E-state index in [1.54, 1.807) is 0 Å². The maximum atomic E-state index is 3.50. The van der Waals surface area contributed by atoms with Crippen molar-refractivity contribution in [2.75, 3.05) is 0 Å². The van der Waals surface area contributed by atoms with Gasteiger partial charge in [0, 0.05) is 16.6 Å². The van der Waals surface area contributed by atoms with Gasteiger partial charge < -0.3 is 0 Å². The first kappa shape index (κ1) is 8.24. The van der Waals surface area contributed by atoms with Gasteiger partial charge in [0.05, 0.1) is 5.41 Å². The maximum Gasteiger partial charge on any atom is 0.188 e. The molecular formula is C10H13BrN+. The molecule has 0 radical (unpaired) electrons. The van der Waals surface area contributed by atoms with Gasteiger partial charge in [0.1, 0.15) is 7.05 Å². The predicted octanol–water partition coefficient (Wildman–Crippen LogP) is 2.33. The summed E-state index contributed by atoms with van der Waals surface area (Å²) in [7, 11) is 2.12. The van der Waals surface area contributed by atoms with E-state index in [9.17, 15) is 0 Å². The van der Waals surface area contributed by atoms with Crippen LogP contribution in [-0.2, 0) is 12.5 Å². The van der Waals surface area contributed by atoms with Crippen LogP contribution in [0.5, 0.6) is 0 Å². The van der Waals surface area contributed by atoms with Crippen LogP contribution >= 0.6 is 15.9 Å². The van der Waals surface area contributed by atoms with Gasteiger partial charge in [-0.1, -0.05) is 15.9 Å². The zero-order valence-electron chi connectivity index (χ0n) is 7.47. The Bertz CT molecular complexity index is 316. The molecule has 1 nitrogen and oxygen atoms in total. The van der Waals surface area contributed by atoms with Crippen molar-refractivity contribution in [3.05, 3.63) is 28.5 Å². The second kappa shape index (κ2) is 2.56. The van der Waals surface area contributed by atoms with Crippen LogP contribution in [0.2, 0.25) is 0 Å². The van der Waals surface area contributed by atoms with Crippen LogP contribution in [0.3, 0.4) is 0 Å². The maximum absolute atomic E-state index is 3.50. The summed E-state index contributed by atoms with van der Waals surface area (Å²) in [5, 5.41) is 0. The molecule has 0 aromatic carbocycles. The smallest absolute Gasteiger partial charge is 0.188 e. The minimum Gasteiger partial charge on any atom is -0.205 e. The first-order chi connectivity index (χ1) is 5.62. The fourth-order valence-electron chi connectivity index (χ4n) is 1.59. The highest BCUT2D eigenvalue weighted by molar-refractivity contribution is 9.10. The number of aryl methyl sites for hydroxylation is 1. The molecule has 1 aliphatic rings. The highest BCUT2D eigenvalue weighted by Crippen LogP contribution is 2.46. The van der Waals surface area contributed by atoms with Crippen LogP contribution < -0.4 is 4.57 Å². The van der Waals surface area contributed by atoms with Gasteiger partial charge in [-0.3, -0.25) is 0 Å². The summed E-state index contributed by atoms with van der Waals surface area (Å²) in [5.74, 6) is 0. The van der Waals surface area contributed by atoms with Crippen LogP contribution in [0.4, 0.5) is 0 Å². The second-order valence-corrected chi connectivity index (χ2v) is 4.82. The van der Waals surface area contributed by atoms with E-state index in [1.165, 1.54) is 23.0 Å². The normalized spacial score (nSPS) is 19.2. The molecule has 1 saturated carbocycles. The molecule has 12 heavy (non-hydrogen) atoms. The van der Waals surface area contributed by atoms with Crippen molar-refractivity contribution < 1.29 is 4.57 Å². The number of pyridine rings is 1. The standard InChI is InChI=1S/C10H13BrN/c1-10(4-5-10)9-7-8(11)3-6-12(9)2/h3,6-7H,4-5H2,1-2H3/q+1. The summed E-state index contributed by atoms with van der Waals surface area (Å²) in [6.07, 6.45) is 4.78. The van der Waals surface area contributed by atoms with E-state index in [1.807, 2.05) is 0 Å². The number of rotatable bonds is 1. The van der Waals surface area contributed by atoms with Gasteiger partial charge in [0.15, 0.2) is 11.9 Å². The lowest BCUT2D eigenvalue weighted by atomic mass is 10.0. The van der Waals surface area contributed by atoms with E-state index < -0.39 is 0 Å². The first-order valence-corrected chi connectivity index (χ1v) is 5.07. The minimum absolute atomic E-state index is 0.457. The number of hydrogen-bond acceptors (Lipinski definition) is 0. The Morgan fingerprint density at radius 1 is 1.50 bits per heavy atom. The van der Waals surface area contributed by atoms with Crippen LogP contribution in [0.15, 0.2) is 22.8 Å². The molecule has 0 N–H and O–H groups in total. The molecule has 0 aliphatic heterocycles. The summed E-state index contributed by atoms with van der Waals surface area (Å²) in [6.45, 7) is 2.33. The van der Waals surface area contributed by atoms with Gasteiger partial charge in [-0.2, -0.15) is 0 Å². The summed E-state index contributed by atoms with van der Waals surface area (Å²) in [4.78, 5) is 0. The van der Waals surface area contributed by atoms with Gasteiger partial charge in [-0.15, -0.1) is 0 Å². The first-order valence-electron chi connectivity index (χ1n) is 4.27. The van der Waals surface area contributed by atoms with Crippen molar-refractivity contribution in [3.8, 4) is 0 Å². The summed E-state index contributed by atoms with van der Waals surface area (Å²) >= 11 is 3.50. The third kappa shape index (κ3) is 1.28. The Kier molecular flexibility index (Phi) is 1.76. The monoisotopic (exact) mass is 226 g/mol. The fraction of sp³-hybridized carbons (Fsp3) is 0.500. The minimum atomic E-state index is 0.457. The van der Waals surface area contributed by atoms with Crippen molar-refractivity contribution in [1.82, 2.24) is 0 Å². The topological polar surface area (TPSA) is 3.88 Å². The molecule has 2 heteroatoms. The van der Waals surface area contributed by atoms with Gasteiger partial charge in [0.25, 0.3) is 0 Å². The van der Waals surface area contributed by atoms with Crippen molar-refractivity contribution in [1.29, 1.82) is 0 Å². The third-order valence-electron chi connectivity index (χ3n) is 2.73. The van der Waals surface area contributed by atoms with Crippen LogP contribution in [0, 0.1) is 0 Å². The fourth-order valence-corrected chi connectivity index (χ4v) is 1.92. The van der Waals surface area contributed by atoms with Crippen LogP contribution in [-0.4, -0.2) is 0 Å². The molecular weight excluding hydrogens is 214 g/mol. The molecule has 0 atom stereocenters. The lowest BCUT2D eigenvalue weighted by Gasteiger charge is -2.05. The largest absolute Gasteiger partial charge is 0.205 e. The summed E-state index contributed by atoms with van der Waals surface area (Å²) in [6, 6.07) is 4.31. The summed E-state index contributed by atoms with van der Waals surface area (Å²) in [5.41, 5.74) is 1.90. The molecule has 1 heterocycles. The molecule has 1 aromatic rings. The highest BCUT2D eigenvalue weighted by Gasteiger charge is 2.45. The van der Waals surface area contributed by atoms with E-state index in [-0.39, 0.29) is 0 Å². The summed E-state index contributed by atoms with van der Waals surface area (Å²) < 4.78 is 3.40. The van der Waals surface area contributed by atoms with Gasteiger partial charge in [-0.25, -0.2) is 4.57 Å². The van der Waals surface area contributed by atoms with Crippen molar-refractivity contribution >= 4 is 15.9 Å². The van der Waals surface area contributed by atoms with Crippen molar-refractivity contribution in [3.63, 3.8) is 0 Å². The molecule has 0 spiro atoms. The van der Waals surface area contributed by atoms with Gasteiger partial charge in [0.2, 0.25) is 0 Å². The zero-order valence-corrected chi connectivity index (χ0v) is 9.06. The van der Waals surface area contributed by atoms with Gasteiger partial charge in [-0.05, 0) is 19.8 Å². The SMILES string of the molecule is C[n+]1ccc(Br)cc1C1(C)CC1. The molecule has 2 rings (SSSR count). The van der Waals surface area contributed by atoms with Crippen LogP contribution in [0.25, 0.3) is 0 Å². The lowest BCUT2D eigenvalue weighted by Crippen LogP contribution is -2.36. The predicted molar refractivity (Wildman–Crippen MR) is 51.9 cm³/mol. The molecule has 1 aliphatic carbocycles. The van der Waals surface area contributed by atoms with E-state index in [2.05, 4.69) is 52.8 Å². The van der Waals surface area contributed by atoms with E-state index in [4.69, 9.17) is 0 Å². The van der Waals surface area contributed by atoms with Crippen molar-refractivity contribution in [2.24, 2.45) is 7.05 Å². The Balaban J connectivity index is 2.48. The lowest BCUT2D eigenvalue weighted by molar-refractivity contribution is -0.681. The number of hydrogen-bond donors (Lipinski definition) is 0. The average Bonchev–Trinajstić information content (AvgIpc) is 2.75. The molecule has 1 fully saturated rings. The molecule has 1 aromatic heterocycles. The Hall–Kier alpha value is -0.370. The van der Waals surface area contributed by atoms with Crippen molar-refractivity contribution in [2.45, 2.75) is 25.2 Å². The average molecular weight is 227 g/mol. The molecule has 64 valence electrons. The van der Waals surface area contributed by atoms with E-state index in [0.717, 1.165) is 0 Å². The molecule has 0 saturated heterocycles. The quantitative estimate of drug-likeness (QED) is 0.648. The Labute approximate surface area is 81.5 Å². The van der Waals surface area contributed by atoms with E-state index in [0.29, 0.717) is 5.41 Å². The number of nitrogens with zero attached hydrogens (tertiary/aromatic N) is 1.